The molecule has 1 atom stereocenters. The molecule has 4 heteroatoms. The van der Waals surface area contributed by atoms with Crippen molar-refractivity contribution >= 4 is 23.5 Å². The third-order valence-corrected chi connectivity index (χ3v) is 6.56. The first-order valence-corrected chi connectivity index (χ1v) is 14.8. The van der Waals surface area contributed by atoms with Gasteiger partial charge in [-0.05, 0) is 43.3 Å². The van der Waals surface area contributed by atoms with E-state index < -0.39 is 0 Å². The van der Waals surface area contributed by atoms with Gasteiger partial charge in [0.05, 0.1) is 12.7 Å². The average molecular weight is 435 g/mol. The third kappa shape index (κ3) is 22.9. The Labute approximate surface area is 186 Å². The fourth-order valence-corrected chi connectivity index (χ4v) is 4.21. The van der Waals surface area contributed by atoms with Gasteiger partial charge in [0, 0.05) is 13.2 Å². The van der Waals surface area contributed by atoms with E-state index in [-0.39, 0.29) is 0 Å². The Kier molecular flexibility index (Phi) is 26.2. The van der Waals surface area contributed by atoms with Crippen LogP contribution in [0.2, 0.25) is 0 Å². The van der Waals surface area contributed by atoms with Crippen LogP contribution < -0.4 is 0 Å². The summed E-state index contributed by atoms with van der Waals surface area (Å²) in [5.41, 5.74) is 0. The van der Waals surface area contributed by atoms with E-state index in [1.165, 1.54) is 95.0 Å². The van der Waals surface area contributed by atoms with E-state index >= 15 is 0 Å². The number of unbranched alkanes of at least 4 members (excludes halogenated alkanes) is 11. The number of hydrogen-bond donors (Lipinski definition) is 0. The molecule has 0 spiro atoms. The molecule has 0 fully saturated rings. The molecule has 0 N–H and O–H groups in total. The van der Waals surface area contributed by atoms with Crippen LogP contribution in [0.15, 0.2) is 0 Å². The first-order valence-electron chi connectivity index (χ1n) is 12.0. The van der Waals surface area contributed by atoms with E-state index in [0.717, 1.165) is 32.7 Å². The van der Waals surface area contributed by atoms with Gasteiger partial charge in [-0.2, -0.15) is 23.5 Å². The summed E-state index contributed by atoms with van der Waals surface area (Å²) in [5.74, 6) is 2.39. The predicted molar refractivity (Wildman–Crippen MR) is 132 cm³/mol. The molecule has 0 heterocycles. The summed E-state index contributed by atoms with van der Waals surface area (Å²) >= 11 is 3.80. The first kappa shape index (κ1) is 28.6. The lowest BCUT2D eigenvalue weighted by Gasteiger charge is -2.18. The normalized spacial score (nSPS) is 12.5. The van der Waals surface area contributed by atoms with E-state index in [1.54, 1.807) is 0 Å². The molecule has 0 aliphatic carbocycles. The van der Waals surface area contributed by atoms with Crippen molar-refractivity contribution in [3.8, 4) is 0 Å². The predicted octanol–water partition coefficient (Wildman–Crippen LogP) is 7.99. The van der Waals surface area contributed by atoms with Gasteiger partial charge in [-0.15, -0.1) is 0 Å². The van der Waals surface area contributed by atoms with Gasteiger partial charge in [0.25, 0.3) is 0 Å². The fraction of sp³-hybridized carbons (Fsp3) is 1.00. The zero-order valence-electron chi connectivity index (χ0n) is 19.4. The van der Waals surface area contributed by atoms with Crippen LogP contribution in [0.25, 0.3) is 0 Å². The largest absolute Gasteiger partial charge is 0.379 e. The van der Waals surface area contributed by atoms with Gasteiger partial charge in [0.15, 0.2) is 0 Å². The molecule has 0 aliphatic rings. The van der Waals surface area contributed by atoms with Crippen LogP contribution in [0.4, 0.5) is 0 Å². The first-order chi connectivity index (χ1) is 13.8. The van der Waals surface area contributed by atoms with Gasteiger partial charge in [-0.25, -0.2) is 0 Å². The molecule has 0 saturated carbocycles. The summed E-state index contributed by atoms with van der Waals surface area (Å²) in [4.78, 5) is 0. The minimum absolute atomic E-state index is 0.305. The minimum Gasteiger partial charge on any atom is -0.379 e. The lowest BCUT2D eigenvalue weighted by molar-refractivity contribution is -0.0207. The van der Waals surface area contributed by atoms with Gasteiger partial charge >= 0.3 is 0 Å². The molecular formula is C24H50O2S2. The number of hydrogen-bond acceptors (Lipinski definition) is 4. The molecule has 0 amide bonds. The second-order valence-electron chi connectivity index (χ2n) is 7.94. The quantitative estimate of drug-likeness (QED) is 0.143. The molecule has 0 radical (unpaired) electrons. The van der Waals surface area contributed by atoms with Gasteiger partial charge in [0.1, 0.15) is 0 Å². The summed E-state index contributed by atoms with van der Waals surface area (Å²) in [6, 6.07) is 0. The zero-order valence-corrected chi connectivity index (χ0v) is 21.0. The highest BCUT2D eigenvalue weighted by Gasteiger charge is 2.09. The van der Waals surface area contributed by atoms with E-state index in [9.17, 15) is 0 Å². The summed E-state index contributed by atoms with van der Waals surface area (Å²) in [6.07, 6.45) is 25.0. The Bertz CT molecular complexity index is 277. The van der Waals surface area contributed by atoms with Crippen molar-refractivity contribution in [1.29, 1.82) is 0 Å². The molecule has 0 aromatic carbocycles. The number of ether oxygens (including phenoxy) is 2. The molecule has 0 aromatic rings. The van der Waals surface area contributed by atoms with Crippen molar-refractivity contribution in [2.75, 3.05) is 43.8 Å². The minimum atomic E-state index is 0.305. The second kappa shape index (κ2) is 25.7. The molecule has 0 rings (SSSR count). The lowest BCUT2D eigenvalue weighted by atomic mass is 10.0. The Morgan fingerprint density at radius 3 is 1.64 bits per heavy atom. The van der Waals surface area contributed by atoms with Crippen LogP contribution in [-0.2, 0) is 9.47 Å². The zero-order chi connectivity index (χ0) is 20.5. The highest BCUT2D eigenvalue weighted by atomic mass is 32.2. The highest BCUT2D eigenvalue weighted by molar-refractivity contribution is 7.98. The van der Waals surface area contributed by atoms with Crippen LogP contribution in [-0.4, -0.2) is 49.9 Å². The Morgan fingerprint density at radius 2 is 1.11 bits per heavy atom. The van der Waals surface area contributed by atoms with Gasteiger partial charge in [-0.3, -0.25) is 0 Å². The Hall–Kier alpha value is 0.620. The SMILES string of the molecule is CCCCCCCCCCCCCCC(COCCCSC)OCCCSC. The Morgan fingerprint density at radius 1 is 0.607 bits per heavy atom. The molecule has 28 heavy (non-hydrogen) atoms. The van der Waals surface area contributed by atoms with Gasteiger partial charge in [-0.1, -0.05) is 84.0 Å². The maximum absolute atomic E-state index is 6.11. The molecule has 0 aliphatic heterocycles. The molecular weight excluding hydrogens is 384 g/mol. The van der Waals surface area contributed by atoms with E-state index in [1.807, 2.05) is 23.5 Å². The maximum atomic E-state index is 6.11. The second-order valence-corrected chi connectivity index (χ2v) is 9.91. The van der Waals surface area contributed by atoms with Crippen LogP contribution >= 0.6 is 23.5 Å². The van der Waals surface area contributed by atoms with Crippen molar-refractivity contribution in [2.24, 2.45) is 0 Å². The van der Waals surface area contributed by atoms with Gasteiger partial charge < -0.3 is 9.47 Å². The summed E-state index contributed by atoms with van der Waals surface area (Å²) < 4.78 is 12.0. The standard InChI is InChI=1S/C24H50O2S2/c1-4-5-6-7-8-9-10-11-12-13-14-15-18-24(26-20-17-22-28-3)23-25-19-16-21-27-2/h24H,4-23H2,1-3H3. The van der Waals surface area contributed by atoms with E-state index in [4.69, 9.17) is 9.47 Å². The third-order valence-electron chi connectivity index (χ3n) is 5.17. The van der Waals surface area contributed by atoms with Crippen LogP contribution in [0.5, 0.6) is 0 Å². The van der Waals surface area contributed by atoms with E-state index in [0.29, 0.717) is 6.10 Å². The maximum Gasteiger partial charge on any atom is 0.0808 e. The van der Waals surface area contributed by atoms with E-state index in [2.05, 4.69) is 19.4 Å². The van der Waals surface area contributed by atoms with Crippen molar-refractivity contribution in [2.45, 2.75) is 109 Å². The molecule has 170 valence electrons. The number of rotatable bonds is 24. The monoisotopic (exact) mass is 434 g/mol. The smallest absolute Gasteiger partial charge is 0.0808 e. The topological polar surface area (TPSA) is 18.5 Å². The molecule has 1 unspecified atom stereocenters. The summed E-state index contributed by atoms with van der Waals surface area (Å²) in [6.45, 7) is 4.84. The van der Waals surface area contributed by atoms with Crippen molar-refractivity contribution in [3.05, 3.63) is 0 Å². The van der Waals surface area contributed by atoms with Crippen molar-refractivity contribution in [1.82, 2.24) is 0 Å². The molecule has 2 nitrogen and oxygen atoms in total. The highest BCUT2D eigenvalue weighted by Crippen LogP contribution is 2.14. The summed E-state index contributed by atoms with van der Waals surface area (Å²) in [5, 5.41) is 0. The number of thioether (sulfide) groups is 2. The molecule has 0 saturated heterocycles. The lowest BCUT2D eigenvalue weighted by Crippen LogP contribution is -2.21. The van der Waals surface area contributed by atoms with Crippen molar-refractivity contribution < 1.29 is 9.47 Å². The average Bonchev–Trinajstić information content (AvgIpc) is 2.71. The van der Waals surface area contributed by atoms with Crippen LogP contribution in [0, 0.1) is 0 Å². The summed E-state index contributed by atoms with van der Waals surface area (Å²) in [7, 11) is 0. The molecule has 0 bridgehead atoms. The molecule has 0 aromatic heterocycles. The van der Waals surface area contributed by atoms with Crippen LogP contribution in [0.3, 0.4) is 0 Å². The fourth-order valence-electron chi connectivity index (χ4n) is 3.40. The van der Waals surface area contributed by atoms with Crippen molar-refractivity contribution in [3.63, 3.8) is 0 Å². The Balaban J connectivity index is 3.59. The van der Waals surface area contributed by atoms with Gasteiger partial charge in [0.2, 0.25) is 0 Å². The van der Waals surface area contributed by atoms with Crippen LogP contribution in [0.1, 0.15) is 103 Å².